The molecule has 5 heteroatoms. The lowest BCUT2D eigenvalue weighted by Gasteiger charge is -2.09. The number of aromatic nitrogens is 1. The van der Waals surface area contributed by atoms with E-state index >= 15 is 0 Å². The standard InChI is InChI=1S/C20H20N2O3/c1-3-25-20(23)17(21-24)13-16-15-11-7-8-12-18(15)22(2)19(16)14-9-5-4-6-10-14/h4-12,24H,3,13H2,1-2H3/b21-17-. The summed E-state index contributed by atoms with van der Waals surface area (Å²) in [7, 11) is 1.99. The minimum Gasteiger partial charge on any atom is -0.461 e. The maximum absolute atomic E-state index is 12.0. The second-order valence-corrected chi connectivity index (χ2v) is 5.71. The molecule has 128 valence electrons. The first-order valence-electron chi connectivity index (χ1n) is 8.17. The first-order chi connectivity index (χ1) is 12.2. The van der Waals surface area contributed by atoms with Crippen LogP contribution in [0.2, 0.25) is 0 Å². The zero-order valence-electron chi connectivity index (χ0n) is 14.3. The van der Waals surface area contributed by atoms with Crippen LogP contribution in [-0.2, 0) is 23.0 Å². The summed E-state index contributed by atoms with van der Waals surface area (Å²) in [5.74, 6) is -0.600. The van der Waals surface area contributed by atoms with Crippen LogP contribution in [0.4, 0.5) is 0 Å². The number of benzene rings is 2. The Kier molecular flexibility index (Phi) is 4.84. The van der Waals surface area contributed by atoms with Gasteiger partial charge in [0.1, 0.15) is 0 Å². The van der Waals surface area contributed by atoms with E-state index in [2.05, 4.69) is 9.72 Å². The molecular weight excluding hydrogens is 316 g/mol. The van der Waals surface area contributed by atoms with Crippen LogP contribution < -0.4 is 0 Å². The number of nitrogens with zero attached hydrogens (tertiary/aromatic N) is 2. The van der Waals surface area contributed by atoms with Crippen molar-refractivity contribution in [2.24, 2.45) is 12.2 Å². The summed E-state index contributed by atoms with van der Waals surface area (Å²) in [4.78, 5) is 12.0. The molecule has 0 unspecified atom stereocenters. The van der Waals surface area contributed by atoms with Crippen LogP contribution >= 0.6 is 0 Å². The predicted molar refractivity (Wildman–Crippen MR) is 97.9 cm³/mol. The van der Waals surface area contributed by atoms with E-state index in [-0.39, 0.29) is 18.7 Å². The lowest BCUT2D eigenvalue weighted by Crippen LogP contribution is -2.20. The molecule has 25 heavy (non-hydrogen) atoms. The number of oxime groups is 1. The Morgan fingerprint density at radius 1 is 1.12 bits per heavy atom. The number of ether oxygens (including phenoxy) is 1. The van der Waals surface area contributed by atoms with Crippen LogP contribution in [0.1, 0.15) is 12.5 Å². The molecule has 3 rings (SSSR count). The number of esters is 1. The molecule has 0 fully saturated rings. The Labute approximate surface area is 146 Å². The van der Waals surface area contributed by atoms with Crippen molar-refractivity contribution in [1.29, 1.82) is 0 Å². The SMILES string of the molecule is CCOC(=O)/C(Cc1c(-c2ccccc2)n(C)c2ccccc12)=N\O. The topological polar surface area (TPSA) is 63.8 Å². The van der Waals surface area contributed by atoms with Gasteiger partial charge in [-0.15, -0.1) is 0 Å². The van der Waals surface area contributed by atoms with E-state index in [0.29, 0.717) is 0 Å². The van der Waals surface area contributed by atoms with Crippen LogP contribution in [0.3, 0.4) is 0 Å². The second-order valence-electron chi connectivity index (χ2n) is 5.71. The Morgan fingerprint density at radius 2 is 1.80 bits per heavy atom. The Balaban J connectivity index is 2.18. The molecule has 0 aliphatic rings. The van der Waals surface area contributed by atoms with Crippen molar-refractivity contribution in [3.8, 4) is 11.3 Å². The quantitative estimate of drug-likeness (QED) is 0.334. The Hall–Kier alpha value is -3.08. The lowest BCUT2D eigenvalue weighted by atomic mass is 10.0. The third kappa shape index (κ3) is 3.13. The van der Waals surface area contributed by atoms with Gasteiger partial charge in [-0.05, 0) is 24.1 Å². The molecular formula is C20H20N2O3. The highest BCUT2D eigenvalue weighted by Gasteiger charge is 2.22. The first kappa shape index (κ1) is 16.8. The van der Waals surface area contributed by atoms with Crippen LogP contribution in [0.5, 0.6) is 0 Å². The normalized spacial score (nSPS) is 11.7. The average molecular weight is 336 g/mol. The molecule has 1 aromatic heterocycles. The first-order valence-corrected chi connectivity index (χ1v) is 8.17. The summed E-state index contributed by atoms with van der Waals surface area (Å²) in [5.41, 5.74) is 4.02. The highest BCUT2D eigenvalue weighted by Crippen LogP contribution is 2.33. The van der Waals surface area contributed by atoms with Gasteiger partial charge < -0.3 is 14.5 Å². The van der Waals surface area contributed by atoms with Crippen molar-refractivity contribution in [3.63, 3.8) is 0 Å². The fourth-order valence-electron chi connectivity index (χ4n) is 3.14. The van der Waals surface area contributed by atoms with E-state index in [9.17, 15) is 10.0 Å². The lowest BCUT2D eigenvalue weighted by molar-refractivity contribution is -0.135. The van der Waals surface area contributed by atoms with Crippen LogP contribution in [0.15, 0.2) is 59.8 Å². The monoisotopic (exact) mass is 336 g/mol. The number of fused-ring (bicyclic) bond motifs is 1. The van der Waals surface area contributed by atoms with Gasteiger partial charge >= 0.3 is 5.97 Å². The third-order valence-electron chi connectivity index (χ3n) is 4.23. The van der Waals surface area contributed by atoms with Gasteiger partial charge in [0.15, 0.2) is 5.71 Å². The number of hydrogen-bond acceptors (Lipinski definition) is 4. The van der Waals surface area contributed by atoms with E-state index in [4.69, 9.17) is 4.74 Å². The molecule has 0 saturated carbocycles. The Bertz CT molecular complexity index is 927. The maximum atomic E-state index is 12.0. The van der Waals surface area contributed by atoms with Gasteiger partial charge in [0, 0.05) is 24.4 Å². The molecule has 0 saturated heterocycles. The maximum Gasteiger partial charge on any atom is 0.356 e. The smallest absolute Gasteiger partial charge is 0.356 e. The molecule has 1 heterocycles. The minimum absolute atomic E-state index is 0.00427. The number of rotatable bonds is 5. The zero-order valence-corrected chi connectivity index (χ0v) is 14.3. The van der Waals surface area contributed by atoms with Gasteiger partial charge in [-0.25, -0.2) is 4.79 Å². The predicted octanol–water partition coefficient (Wildman–Crippen LogP) is 3.78. The molecule has 2 aromatic carbocycles. The van der Waals surface area contributed by atoms with E-state index in [1.165, 1.54) is 0 Å². The highest BCUT2D eigenvalue weighted by atomic mass is 16.5. The summed E-state index contributed by atoms with van der Waals surface area (Å²) >= 11 is 0. The van der Waals surface area contributed by atoms with E-state index < -0.39 is 5.97 Å². The van der Waals surface area contributed by atoms with Crippen molar-refractivity contribution >= 4 is 22.6 Å². The van der Waals surface area contributed by atoms with Crippen molar-refractivity contribution in [2.45, 2.75) is 13.3 Å². The van der Waals surface area contributed by atoms with E-state index in [1.54, 1.807) is 6.92 Å². The van der Waals surface area contributed by atoms with Crippen LogP contribution in [0.25, 0.3) is 22.2 Å². The largest absolute Gasteiger partial charge is 0.461 e. The molecule has 0 bridgehead atoms. The van der Waals surface area contributed by atoms with E-state index in [0.717, 1.165) is 27.7 Å². The fourth-order valence-corrected chi connectivity index (χ4v) is 3.14. The average Bonchev–Trinajstić information content (AvgIpc) is 2.93. The van der Waals surface area contributed by atoms with Gasteiger partial charge in [0.2, 0.25) is 0 Å². The molecule has 0 aliphatic carbocycles. The van der Waals surface area contributed by atoms with Crippen molar-refractivity contribution in [1.82, 2.24) is 4.57 Å². The molecule has 0 amide bonds. The van der Waals surface area contributed by atoms with Gasteiger partial charge in [-0.2, -0.15) is 0 Å². The molecule has 0 aliphatic heterocycles. The fraction of sp³-hybridized carbons (Fsp3) is 0.200. The van der Waals surface area contributed by atoms with Gasteiger partial charge in [0.05, 0.1) is 12.3 Å². The summed E-state index contributed by atoms with van der Waals surface area (Å²) in [5, 5.41) is 13.5. The van der Waals surface area contributed by atoms with E-state index in [1.807, 2.05) is 61.6 Å². The molecule has 3 aromatic rings. The molecule has 0 atom stereocenters. The number of aryl methyl sites for hydroxylation is 1. The number of para-hydroxylation sites is 1. The van der Waals surface area contributed by atoms with Crippen molar-refractivity contribution < 1.29 is 14.7 Å². The second kappa shape index (κ2) is 7.21. The summed E-state index contributed by atoms with van der Waals surface area (Å²) < 4.78 is 7.09. The van der Waals surface area contributed by atoms with Gasteiger partial charge in [0.25, 0.3) is 0 Å². The Morgan fingerprint density at radius 3 is 2.48 bits per heavy atom. The van der Waals surface area contributed by atoms with Crippen molar-refractivity contribution in [3.05, 3.63) is 60.2 Å². The third-order valence-corrected chi connectivity index (χ3v) is 4.23. The van der Waals surface area contributed by atoms with Gasteiger partial charge in [-0.1, -0.05) is 53.7 Å². The van der Waals surface area contributed by atoms with Crippen LogP contribution in [-0.4, -0.2) is 28.1 Å². The molecule has 5 nitrogen and oxygen atoms in total. The molecule has 0 radical (unpaired) electrons. The van der Waals surface area contributed by atoms with Gasteiger partial charge in [-0.3, -0.25) is 0 Å². The summed E-state index contributed by atoms with van der Waals surface area (Å²) in [6.07, 6.45) is 0.195. The number of carbonyl (C=O) groups excluding carboxylic acids is 1. The molecule has 1 N–H and O–H groups in total. The minimum atomic E-state index is -0.600. The summed E-state index contributed by atoms with van der Waals surface area (Å²) in [6.45, 7) is 1.96. The zero-order chi connectivity index (χ0) is 17.8. The highest BCUT2D eigenvalue weighted by molar-refractivity contribution is 6.37. The number of hydrogen-bond donors (Lipinski definition) is 1. The molecule has 0 spiro atoms. The van der Waals surface area contributed by atoms with Crippen molar-refractivity contribution in [2.75, 3.05) is 6.61 Å². The summed E-state index contributed by atoms with van der Waals surface area (Å²) in [6, 6.07) is 17.9. The number of carbonyl (C=O) groups is 1. The van der Waals surface area contributed by atoms with Crippen LogP contribution in [0, 0.1) is 0 Å².